The highest BCUT2D eigenvalue weighted by Gasteiger charge is 2.17. The lowest BCUT2D eigenvalue weighted by Crippen LogP contribution is -1.99. The standard InChI is InChI=1S/C12H11NOS3/c14-10(4-9-5-13-7-16-9)12-3-8-6-15-2-1-11(8)17-12/h3,5,7H,1-2,4,6H2. The second-order valence-corrected chi connectivity index (χ2v) is 7.14. The number of aromatic nitrogens is 1. The predicted molar refractivity (Wildman–Crippen MR) is 74.3 cm³/mol. The number of hydrogen-bond acceptors (Lipinski definition) is 5. The molecule has 0 radical (unpaired) electrons. The molecular formula is C12H11NOS3. The summed E-state index contributed by atoms with van der Waals surface area (Å²) in [7, 11) is 0. The van der Waals surface area contributed by atoms with E-state index in [4.69, 9.17) is 0 Å². The van der Waals surface area contributed by atoms with E-state index in [2.05, 4.69) is 11.1 Å². The van der Waals surface area contributed by atoms with Crippen molar-refractivity contribution in [3.63, 3.8) is 0 Å². The number of thiazole rings is 1. The van der Waals surface area contributed by atoms with Crippen LogP contribution in [0.15, 0.2) is 17.8 Å². The van der Waals surface area contributed by atoms with E-state index in [9.17, 15) is 4.79 Å². The van der Waals surface area contributed by atoms with Gasteiger partial charge in [-0.2, -0.15) is 11.8 Å². The van der Waals surface area contributed by atoms with Gasteiger partial charge in [-0.1, -0.05) is 0 Å². The Morgan fingerprint density at radius 1 is 1.47 bits per heavy atom. The zero-order valence-corrected chi connectivity index (χ0v) is 11.6. The number of fused-ring (bicyclic) bond motifs is 1. The summed E-state index contributed by atoms with van der Waals surface area (Å²) in [6.45, 7) is 0. The molecule has 0 spiro atoms. The zero-order chi connectivity index (χ0) is 11.7. The Balaban J connectivity index is 1.79. The molecule has 0 aliphatic carbocycles. The molecule has 0 atom stereocenters. The van der Waals surface area contributed by atoms with Crippen LogP contribution in [0.1, 0.15) is 25.0 Å². The molecule has 88 valence electrons. The van der Waals surface area contributed by atoms with Crippen LogP contribution in [0.2, 0.25) is 0 Å². The fourth-order valence-corrected chi connectivity index (χ4v) is 4.76. The van der Waals surface area contributed by atoms with Gasteiger partial charge in [-0.05, 0) is 23.8 Å². The molecule has 0 saturated heterocycles. The van der Waals surface area contributed by atoms with E-state index in [0.717, 1.165) is 21.9 Å². The number of carbonyl (C=O) groups excluding carboxylic acids is 1. The van der Waals surface area contributed by atoms with Crippen LogP contribution in [0.5, 0.6) is 0 Å². The summed E-state index contributed by atoms with van der Waals surface area (Å²) in [5, 5.41) is 0. The molecule has 5 heteroatoms. The van der Waals surface area contributed by atoms with Crippen molar-refractivity contribution in [2.24, 2.45) is 0 Å². The maximum Gasteiger partial charge on any atom is 0.178 e. The van der Waals surface area contributed by atoms with Gasteiger partial charge in [0, 0.05) is 28.1 Å². The molecule has 17 heavy (non-hydrogen) atoms. The normalized spacial score (nSPS) is 14.6. The van der Waals surface area contributed by atoms with Crippen LogP contribution in [-0.4, -0.2) is 16.5 Å². The number of hydrogen-bond donors (Lipinski definition) is 0. The summed E-state index contributed by atoms with van der Waals surface area (Å²) in [4.78, 5) is 19.5. The molecule has 1 aliphatic rings. The molecule has 0 amide bonds. The first kappa shape index (κ1) is 11.4. The van der Waals surface area contributed by atoms with Crippen molar-refractivity contribution in [1.29, 1.82) is 0 Å². The molecule has 3 rings (SSSR count). The van der Waals surface area contributed by atoms with E-state index in [-0.39, 0.29) is 5.78 Å². The van der Waals surface area contributed by atoms with Crippen LogP contribution < -0.4 is 0 Å². The van der Waals surface area contributed by atoms with E-state index >= 15 is 0 Å². The largest absolute Gasteiger partial charge is 0.293 e. The minimum Gasteiger partial charge on any atom is -0.293 e. The summed E-state index contributed by atoms with van der Waals surface area (Å²) >= 11 is 5.19. The lowest BCUT2D eigenvalue weighted by molar-refractivity contribution is 0.0997. The van der Waals surface area contributed by atoms with Crippen molar-refractivity contribution in [3.05, 3.63) is 38.0 Å². The van der Waals surface area contributed by atoms with E-state index in [1.807, 2.05) is 11.8 Å². The van der Waals surface area contributed by atoms with Crippen LogP contribution in [0.25, 0.3) is 0 Å². The van der Waals surface area contributed by atoms with Crippen molar-refractivity contribution >= 4 is 40.2 Å². The Hall–Kier alpha value is -0.650. The van der Waals surface area contributed by atoms with Gasteiger partial charge in [0.25, 0.3) is 0 Å². The Kier molecular flexibility index (Phi) is 3.31. The fraction of sp³-hybridized carbons (Fsp3) is 0.333. The number of rotatable bonds is 3. The molecular weight excluding hydrogens is 270 g/mol. The van der Waals surface area contributed by atoms with Gasteiger partial charge in [0.1, 0.15) is 0 Å². The van der Waals surface area contributed by atoms with E-state index in [1.165, 1.54) is 16.2 Å². The van der Waals surface area contributed by atoms with E-state index < -0.39 is 0 Å². The van der Waals surface area contributed by atoms with Crippen molar-refractivity contribution in [2.75, 3.05) is 5.75 Å². The van der Waals surface area contributed by atoms with Gasteiger partial charge >= 0.3 is 0 Å². The maximum atomic E-state index is 12.1. The van der Waals surface area contributed by atoms with Crippen molar-refractivity contribution in [2.45, 2.75) is 18.6 Å². The summed E-state index contributed by atoms with van der Waals surface area (Å²) in [5.74, 6) is 2.49. The lowest BCUT2D eigenvalue weighted by atomic mass is 10.2. The van der Waals surface area contributed by atoms with Crippen LogP contribution in [-0.2, 0) is 18.6 Å². The Bertz CT molecular complexity index is 506. The van der Waals surface area contributed by atoms with Crippen LogP contribution in [0.3, 0.4) is 0 Å². The number of aryl methyl sites for hydroxylation is 1. The van der Waals surface area contributed by atoms with Crippen LogP contribution in [0.4, 0.5) is 0 Å². The fourth-order valence-electron chi connectivity index (χ4n) is 1.86. The van der Waals surface area contributed by atoms with Gasteiger partial charge in [-0.3, -0.25) is 9.78 Å². The maximum absolute atomic E-state index is 12.1. The van der Waals surface area contributed by atoms with E-state index in [0.29, 0.717) is 6.42 Å². The Morgan fingerprint density at radius 3 is 3.18 bits per heavy atom. The Morgan fingerprint density at radius 2 is 2.41 bits per heavy atom. The Labute approximate surface area is 112 Å². The number of thioether (sulfide) groups is 1. The molecule has 2 aromatic heterocycles. The molecule has 1 aliphatic heterocycles. The zero-order valence-electron chi connectivity index (χ0n) is 9.14. The van der Waals surface area contributed by atoms with Gasteiger partial charge in [0.05, 0.1) is 10.4 Å². The highest BCUT2D eigenvalue weighted by Crippen LogP contribution is 2.32. The summed E-state index contributed by atoms with van der Waals surface area (Å²) in [6, 6.07) is 2.09. The summed E-state index contributed by atoms with van der Waals surface area (Å²) in [6.07, 6.45) is 3.40. The number of Topliss-reactive ketones (excluding diaryl/α,β-unsaturated/α-hetero) is 1. The smallest absolute Gasteiger partial charge is 0.178 e. The number of carbonyl (C=O) groups is 1. The summed E-state index contributed by atoms with van der Waals surface area (Å²) < 4.78 is 0. The number of ketones is 1. The van der Waals surface area contributed by atoms with Crippen molar-refractivity contribution < 1.29 is 4.79 Å². The minimum atomic E-state index is 0.235. The van der Waals surface area contributed by atoms with Gasteiger partial charge in [-0.15, -0.1) is 22.7 Å². The van der Waals surface area contributed by atoms with Crippen LogP contribution in [0, 0.1) is 0 Å². The SMILES string of the molecule is O=C(Cc1cncs1)c1cc2c(s1)CCSC2. The molecule has 0 aromatic carbocycles. The van der Waals surface area contributed by atoms with Crippen molar-refractivity contribution in [3.8, 4) is 0 Å². The third kappa shape index (κ3) is 2.46. The molecule has 3 heterocycles. The van der Waals surface area contributed by atoms with Gasteiger partial charge in [-0.25, -0.2) is 0 Å². The second kappa shape index (κ2) is 4.92. The molecule has 0 unspecified atom stereocenters. The first-order chi connectivity index (χ1) is 8.33. The average molecular weight is 281 g/mol. The number of nitrogens with zero attached hydrogens (tertiary/aromatic N) is 1. The topological polar surface area (TPSA) is 30.0 Å². The quantitative estimate of drug-likeness (QED) is 0.808. The monoisotopic (exact) mass is 281 g/mol. The van der Waals surface area contributed by atoms with Gasteiger partial charge in [0.15, 0.2) is 5.78 Å². The third-order valence-corrected chi connectivity index (χ3v) is 5.79. The lowest BCUT2D eigenvalue weighted by Gasteiger charge is -2.08. The average Bonchev–Trinajstić information content (AvgIpc) is 2.96. The van der Waals surface area contributed by atoms with Crippen LogP contribution >= 0.6 is 34.4 Å². The number of thiophene rings is 1. The molecule has 2 nitrogen and oxygen atoms in total. The highest BCUT2D eigenvalue weighted by molar-refractivity contribution is 7.98. The predicted octanol–water partition coefficient (Wildman–Crippen LogP) is 3.42. The first-order valence-corrected chi connectivity index (χ1v) is 8.28. The minimum absolute atomic E-state index is 0.235. The molecule has 0 bridgehead atoms. The summed E-state index contributed by atoms with van der Waals surface area (Å²) in [5.41, 5.74) is 3.15. The molecule has 2 aromatic rings. The molecule has 0 fully saturated rings. The molecule has 0 saturated carbocycles. The second-order valence-electron chi connectivity index (χ2n) is 3.93. The van der Waals surface area contributed by atoms with Gasteiger partial charge in [0.2, 0.25) is 0 Å². The van der Waals surface area contributed by atoms with E-state index in [1.54, 1.807) is 34.4 Å². The van der Waals surface area contributed by atoms with Gasteiger partial charge < -0.3 is 0 Å². The first-order valence-electron chi connectivity index (χ1n) is 5.43. The highest BCUT2D eigenvalue weighted by atomic mass is 32.2. The molecule has 0 N–H and O–H groups in total. The third-order valence-electron chi connectivity index (χ3n) is 2.72. The van der Waals surface area contributed by atoms with Crippen molar-refractivity contribution in [1.82, 2.24) is 4.98 Å².